The lowest BCUT2D eigenvalue weighted by atomic mass is 10.1. The lowest BCUT2D eigenvalue weighted by molar-refractivity contribution is -0.174. The molecule has 0 saturated carbocycles. The normalized spacial score (nSPS) is 22.8. The summed E-state index contributed by atoms with van der Waals surface area (Å²) >= 11 is 0. The first-order chi connectivity index (χ1) is 11.9. The van der Waals surface area contributed by atoms with E-state index in [0.717, 1.165) is 12.8 Å². The molecule has 0 aromatic carbocycles. The lowest BCUT2D eigenvalue weighted by Gasteiger charge is -2.22. The number of esters is 2. The molecule has 0 bridgehead atoms. The van der Waals surface area contributed by atoms with Crippen LogP contribution < -0.4 is 0 Å². The fourth-order valence-electron chi connectivity index (χ4n) is 2.76. The van der Waals surface area contributed by atoms with Gasteiger partial charge in [0.25, 0.3) is 0 Å². The van der Waals surface area contributed by atoms with Gasteiger partial charge >= 0.3 is 11.9 Å². The molecule has 1 rings (SSSR count). The van der Waals surface area contributed by atoms with Crippen molar-refractivity contribution in [3.8, 4) is 0 Å². The molecule has 1 aliphatic rings. The van der Waals surface area contributed by atoms with Gasteiger partial charge in [-0.2, -0.15) is 0 Å². The number of hydrogen-bond donors (Lipinski definition) is 0. The number of unbranched alkanes of at least 4 members (excludes halogenated alkanes) is 6. The minimum Gasteiger partial charge on any atom is -0.466 e. The fraction of sp³-hybridized carbons (Fsp3) is 0.895. The fourth-order valence-corrected chi connectivity index (χ4v) is 2.76. The van der Waals surface area contributed by atoms with Crippen molar-refractivity contribution in [1.29, 1.82) is 0 Å². The molecule has 25 heavy (non-hydrogen) atoms. The Labute approximate surface area is 151 Å². The standard InChI is InChI=1S/C19H34O6/c1-4-5-6-7-8-9-10-13-22-18(21)11-12-19(3)24-15-17(25-19)14-23-16(2)20/h17H,4-15H2,1-3H3. The summed E-state index contributed by atoms with van der Waals surface area (Å²) in [6, 6.07) is 0. The van der Waals surface area contributed by atoms with Gasteiger partial charge in [0.15, 0.2) is 5.79 Å². The summed E-state index contributed by atoms with van der Waals surface area (Å²) in [7, 11) is 0. The topological polar surface area (TPSA) is 71.1 Å². The molecule has 6 nitrogen and oxygen atoms in total. The van der Waals surface area contributed by atoms with E-state index < -0.39 is 5.79 Å². The van der Waals surface area contributed by atoms with Crippen LogP contribution in [0.5, 0.6) is 0 Å². The number of rotatable bonds is 13. The van der Waals surface area contributed by atoms with Gasteiger partial charge in [0.1, 0.15) is 12.7 Å². The van der Waals surface area contributed by atoms with Crippen LogP contribution in [-0.4, -0.2) is 43.7 Å². The van der Waals surface area contributed by atoms with Gasteiger partial charge in [0.05, 0.1) is 19.6 Å². The summed E-state index contributed by atoms with van der Waals surface area (Å²) in [5.41, 5.74) is 0. The summed E-state index contributed by atoms with van der Waals surface area (Å²) < 4.78 is 21.5. The zero-order chi connectivity index (χ0) is 18.5. The first-order valence-corrected chi connectivity index (χ1v) is 9.56. The summed E-state index contributed by atoms with van der Waals surface area (Å²) in [5.74, 6) is -1.38. The predicted molar refractivity (Wildman–Crippen MR) is 94.0 cm³/mol. The van der Waals surface area contributed by atoms with E-state index in [1.807, 2.05) is 0 Å². The number of carbonyl (C=O) groups excluding carboxylic acids is 2. The highest BCUT2D eigenvalue weighted by Crippen LogP contribution is 2.28. The zero-order valence-electron chi connectivity index (χ0n) is 16.0. The molecular weight excluding hydrogens is 324 g/mol. The third-order valence-electron chi connectivity index (χ3n) is 4.26. The van der Waals surface area contributed by atoms with Crippen LogP contribution in [0.4, 0.5) is 0 Å². The Balaban J connectivity index is 2.04. The molecule has 1 saturated heterocycles. The maximum atomic E-state index is 11.8. The Morgan fingerprint density at radius 1 is 1.08 bits per heavy atom. The van der Waals surface area contributed by atoms with Crippen molar-refractivity contribution in [2.75, 3.05) is 19.8 Å². The summed E-state index contributed by atoms with van der Waals surface area (Å²) in [5, 5.41) is 0. The van der Waals surface area contributed by atoms with Crippen molar-refractivity contribution in [3.63, 3.8) is 0 Å². The van der Waals surface area contributed by atoms with Gasteiger partial charge in [-0.25, -0.2) is 0 Å². The third kappa shape index (κ3) is 10.4. The van der Waals surface area contributed by atoms with Crippen molar-refractivity contribution >= 4 is 11.9 Å². The summed E-state index contributed by atoms with van der Waals surface area (Å²) in [4.78, 5) is 22.6. The Morgan fingerprint density at radius 2 is 1.76 bits per heavy atom. The minimum absolute atomic E-state index is 0.174. The monoisotopic (exact) mass is 358 g/mol. The molecule has 1 fully saturated rings. The van der Waals surface area contributed by atoms with Crippen molar-refractivity contribution in [2.45, 2.75) is 90.4 Å². The molecule has 0 radical (unpaired) electrons. The van der Waals surface area contributed by atoms with Crippen LogP contribution in [0.15, 0.2) is 0 Å². The van der Waals surface area contributed by atoms with E-state index in [9.17, 15) is 9.59 Å². The van der Waals surface area contributed by atoms with Crippen LogP contribution in [0, 0.1) is 0 Å². The van der Waals surface area contributed by atoms with E-state index in [1.165, 1.54) is 39.0 Å². The second kappa shape index (κ2) is 12.3. The highest BCUT2D eigenvalue weighted by atomic mass is 16.7. The van der Waals surface area contributed by atoms with Crippen LogP contribution in [-0.2, 0) is 28.5 Å². The second-order valence-electron chi connectivity index (χ2n) is 6.83. The van der Waals surface area contributed by atoms with E-state index in [4.69, 9.17) is 18.9 Å². The molecule has 0 aromatic rings. The van der Waals surface area contributed by atoms with Gasteiger partial charge < -0.3 is 18.9 Å². The molecular formula is C19H34O6. The average Bonchev–Trinajstić information content (AvgIpc) is 2.95. The molecule has 0 aliphatic carbocycles. The van der Waals surface area contributed by atoms with Crippen molar-refractivity contribution in [1.82, 2.24) is 0 Å². The number of carbonyl (C=O) groups is 2. The minimum atomic E-state index is -0.816. The van der Waals surface area contributed by atoms with Crippen LogP contribution >= 0.6 is 0 Å². The van der Waals surface area contributed by atoms with Crippen molar-refractivity contribution in [3.05, 3.63) is 0 Å². The molecule has 0 aromatic heterocycles. The molecule has 2 atom stereocenters. The largest absolute Gasteiger partial charge is 0.466 e. The predicted octanol–water partition coefficient (Wildman–Crippen LogP) is 3.76. The number of hydrogen-bond acceptors (Lipinski definition) is 6. The smallest absolute Gasteiger partial charge is 0.305 e. The quantitative estimate of drug-likeness (QED) is 0.369. The van der Waals surface area contributed by atoms with Gasteiger partial charge in [-0.15, -0.1) is 0 Å². The van der Waals surface area contributed by atoms with E-state index in [1.54, 1.807) is 6.92 Å². The van der Waals surface area contributed by atoms with Gasteiger partial charge in [-0.3, -0.25) is 9.59 Å². The molecule has 1 aliphatic heterocycles. The number of ether oxygens (including phenoxy) is 4. The molecule has 0 amide bonds. The van der Waals surface area contributed by atoms with Gasteiger partial charge in [-0.05, 0) is 13.3 Å². The molecule has 146 valence electrons. The van der Waals surface area contributed by atoms with E-state index in [-0.39, 0.29) is 31.1 Å². The second-order valence-corrected chi connectivity index (χ2v) is 6.83. The van der Waals surface area contributed by atoms with Gasteiger partial charge in [0.2, 0.25) is 0 Å². The highest BCUT2D eigenvalue weighted by molar-refractivity contribution is 5.69. The van der Waals surface area contributed by atoms with Gasteiger partial charge in [0, 0.05) is 13.3 Å². The van der Waals surface area contributed by atoms with Gasteiger partial charge in [-0.1, -0.05) is 45.4 Å². The van der Waals surface area contributed by atoms with E-state index in [2.05, 4.69) is 6.92 Å². The average molecular weight is 358 g/mol. The summed E-state index contributed by atoms with van der Waals surface area (Å²) in [6.07, 6.45) is 8.78. The zero-order valence-corrected chi connectivity index (χ0v) is 16.0. The van der Waals surface area contributed by atoms with Crippen molar-refractivity contribution in [2.24, 2.45) is 0 Å². The Morgan fingerprint density at radius 3 is 2.44 bits per heavy atom. The van der Waals surface area contributed by atoms with E-state index >= 15 is 0 Å². The first-order valence-electron chi connectivity index (χ1n) is 9.56. The maximum Gasteiger partial charge on any atom is 0.305 e. The molecule has 0 spiro atoms. The first kappa shape index (κ1) is 21.9. The summed E-state index contributed by atoms with van der Waals surface area (Å²) in [6.45, 7) is 6.38. The van der Waals surface area contributed by atoms with E-state index in [0.29, 0.717) is 19.6 Å². The lowest BCUT2D eigenvalue weighted by Crippen LogP contribution is -2.29. The maximum absolute atomic E-state index is 11.8. The van der Waals surface area contributed by atoms with Crippen LogP contribution in [0.1, 0.15) is 78.6 Å². The van der Waals surface area contributed by atoms with Crippen molar-refractivity contribution < 1.29 is 28.5 Å². The third-order valence-corrected chi connectivity index (χ3v) is 4.26. The molecule has 1 heterocycles. The Hall–Kier alpha value is -1.14. The van der Waals surface area contributed by atoms with Crippen LogP contribution in [0.3, 0.4) is 0 Å². The molecule has 2 unspecified atom stereocenters. The highest BCUT2D eigenvalue weighted by Gasteiger charge is 2.37. The van der Waals surface area contributed by atoms with Crippen LogP contribution in [0.2, 0.25) is 0 Å². The Kier molecular flexibility index (Phi) is 10.7. The van der Waals surface area contributed by atoms with Crippen LogP contribution in [0.25, 0.3) is 0 Å². The Bertz CT molecular complexity index is 397. The molecule has 0 N–H and O–H groups in total. The molecule has 6 heteroatoms. The SMILES string of the molecule is CCCCCCCCCOC(=O)CCC1(C)OCC(COC(C)=O)O1.